The predicted molar refractivity (Wildman–Crippen MR) is 313 cm³/mol. The van der Waals surface area contributed by atoms with Gasteiger partial charge in [-0.25, -0.2) is 0 Å². The molecule has 0 aromatic heterocycles. The first kappa shape index (κ1) is 69.9. The van der Waals surface area contributed by atoms with Crippen LogP contribution in [0.5, 0.6) is 0 Å². The number of hydrogen-bond acceptors (Lipinski definition) is 8. The third-order valence-electron chi connectivity index (χ3n) is 14.9. The van der Waals surface area contributed by atoms with Crippen LogP contribution >= 0.6 is 0 Å². The van der Waals surface area contributed by atoms with Crippen LogP contribution in [0.4, 0.5) is 0 Å². The summed E-state index contributed by atoms with van der Waals surface area (Å²) in [5.74, 6) is -0.144. The predicted octanol–water partition coefficient (Wildman–Crippen LogP) is 16.2. The van der Waals surface area contributed by atoms with Gasteiger partial charge < -0.3 is 40.3 Å². The first-order valence-electron chi connectivity index (χ1n) is 31.5. The maximum absolute atomic E-state index is 13.1. The van der Waals surface area contributed by atoms with Gasteiger partial charge in [0.15, 0.2) is 6.29 Å². The summed E-state index contributed by atoms with van der Waals surface area (Å²) in [6.45, 7) is 3.76. The number of nitrogens with one attached hydrogen (secondary N) is 1. The molecule has 0 radical (unpaired) electrons. The molecular formula is C65H119NO8. The Bertz CT molecular complexity index is 1350. The molecule has 1 rings (SSSR count). The molecular weight excluding hydrogens is 923 g/mol. The van der Waals surface area contributed by atoms with E-state index in [-0.39, 0.29) is 12.5 Å². The van der Waals surface area contributed by atoms with Crippen LogP contribution in [-0.2, 0) is 14.3 Å². The summed E-state index contributed by atoms with van der Waals surface area (Å²) in [6, 6.07) is -0.723. The van der Waals surface area contributed by atoms with E-state index in [4.69, 9.17) is 9.47 Å². The molecule has 0 spiro atoms. The van der Waals surface area contributed by atoms with Crippen molar-refractivity contribution in [2.24, 2.45) is 0 Å². The van der Waals surface area contributed by atoms with Crippen molar-refractivity contribution in [3.8, 4) is 0 Å². The quantitative estimate of drug-likeness (QED) is 0.0261. The summed E-state index contributed by atoms with van der Waals surface area (Å²) in [6.07, 6.45) is 66.8. The molecule has 0 aliphatic carbocycles. The van der Waals surface area contributed by atoms with E-state index in [1.807, 2.05) is 0 Å². The minimum absolute atomic E-state index is 0.138. The molecule has 9 nitrogen and oxygen atoms in total. The second-order valence-corrected chi connectivity index (χ2v) is 21.8. The number of carbonyl (C=O) groups is 1. The van der Waals surface area contributed by atoms with Crippen LogP contribution in [0.15, 0.2) is 60.8 Å². The Balaban J connectivity index is 2.16. The molecule has 74 heavy (non-hydrogen) atoms. The zero-order chi connectivity index (χ0) is 53.6. The number of unbranched alkanes of at least 4 members (excludes halogenated alkanes) is 34. The molecule has 1 aliphatic rings. The lowest BCUT2D eigenvalue weighted by Gasteiger charge is -2.40. The van der Waals surface area contributed by atoms with Gasteiger partial charge >= 0.3 is 0 Å². The molecule has 1 fully saturated rings. The van der Waals surface area contributed by atoms with Crippen LogP contribution in [0.1, 0.15) is 290 Å². The molecule has 1 amide bonds. The summed E-state index contributed by atoms with van der Waals surface area (Å²) in [4.78, 5) is 13.1. The van der Waals surface area contributed by atoms with E-state index in [0.717, 1.165) is 70.6 Å². The Hall–Kier alpha value is -2.11. The van der Waals surface area contributed by atoms with E-state index in [0.29, 0.717) is 12.8 Å². The van der Waals surface area contributed by atoms with Crippen molar-refractivity contribution in [3.63, 3.8) is 0 Å². The van der Waals surface area contributed by atoms with E-state index in [2.05, 4.69) is 79.9 Å². The minimum atomic E-state index is -1.56. The van der Waals surface area contributed by atoms with Gasteiger partial charge in [-0.05, 0) is 57.8 Å². The van der Waals surface area contributed by atoms with Crippen molar-refractivity contribution < 1.29 is 39.8 Å². The Morgan fingerprint density at radius 3 is 1.24 bits per heavy atom. The third kappa shape index (κ3) is 42.9. The lowest BCUT2D eigenvalue weighted by atomic mass is 9.99. The maximum atomic E-state index is 13.1. The molecule has 1 saturated heterocycles. The number of aliphatic hydroxyl groups excluding tert-OH is 5. The second kappa shape index (κ2) is 54.3. The highest BCUT2D eigenvalue weighted by Crippen LogP contribution is 2.23. The number of ether oxygens (including phenoxy) is 2. The number of amides is 1. The van der Waals surface area contributed by atoms with E-state index in [1.165, 1.54) is 193 Å². The van der Waals surface area contributed by atoms with Gasteiger partial charge in [0.2, 0.25) is 5.91 Å². The standard InChI is InChI=1S/C65H119NO8/c1-3-5-7-9-11-13-15-17-19-21-23-25-27-28-29-30-31-32-33-35-37-39-41-43-45-47-49-51-53-55-61(69)66-58(57-73-65-64(72)63(71)62(70)60(56-67)74-65)59(68)54-52-50-48-46-44-42-40-38-36-34-26-24-22-20-18-16-14-12-10-8-6-4-2/h5,7,11,13,17,19,23,25,28-29,58-60,62-65,67-68,70-72H,3-4,6,8-10,12,14-16,18,20-22,24,26-27,30-57H2,1-2H3,(H,66,69)/b7-5-,13-11-,19-17-,25-23-,29-28-. The Labute approximate surface area is 456 Å². The highest BCUT2D eigenvalue weighted by atomic mass is 16.7. The molecule has 0 aromatic carbocycles. The third-order valence-corrected chi connectivity index (χ3v) is 14.9. The highest BCUT2D eigenvalue weighted by Gasteiger charge is 2.44. The molecule has 6 N–H and O–H groups in total. The molecule has 432 valence electrons. The summed E-state index contributed by atoms with van der Waals surface area (Å²) < 4.78 is 11.3. The fourth-order valence-corrected chi connectivity index (χ4v) is 9.96. The highest BCUT2D eigenvalue weighted by molar-refractivity contribution is 5.76. The van der Waals surface area contributed by atoms with Crippen molar-refractivity contribution in [1.29, 1.82) is 0 Å². The second-order valence-electron chi connectivity index (χ2n) is 21.8. The summed E-state index contributed by atoms with van der Waals surface area (Å²) in [5.41, 5.74) is 0. The fraction of sp³-hybridized carbons (Fsp3) is 0.831. The zero-order valence-corrected chi connectivity index (χ0v) is 48.1. The topological polar surface area (TPSA) is 149 Å². The Morgan fingerprint density at radius 1 is 0.473 bits per heavy atom. The van der Waals surface area contributed by atoms with Gasteiger partial charge in [0, 0.05) is 6.42 Å². The zero-order valence-electron chi connectivity index (χ0n) is 48.1. The summed E-state index contributed by atoms with van der Waals surface area (Å²) >= 11 is 0. The molecule has 0 bridgehead atoms. The first-order chi connectivity index (χ1) is 36.3. The average Bonchev–Trinajstić information content (AvgIpc) is 3.40. The number of allylic oxidation sites excluding steroid dienone is 10. The van der Waals surface area contributed by atoms with Gasteiger partial charge in [-0.3, -0.25) is 4.79 Å². The summed E-state index contributed by atoms with van der Waals surface area (Å²) in [5, 5.41) is 54.8. The molecule has 0 aromatic rings. The van der Waals surface area contributed by atoms with Crippen molar-refractivity contribution in [2.45, 2.75) is 333 Å². The van der Waals surface area contributed by atoms with Crippen LogP contribution in [0.2, 0.25) is 0 Å². The van der Waals surface area contributed by atoms with E-state index in [9.17, 15) is 30.3 Å². The van der Waals surface area contributed by atoms with Gasteiger partial charge in [0.25, 0.3) is 0 Å². The summed E-state index contributed by atoms with van der Waals surface area (Å²) in [7, 11) is 0. The molecule has 0 saturated carbocycles. The van der Waals surface area contributed by atoms with Gasteiger partial charge in [-0.1, -0.05) is 286 Å². The monoisotopic (exact) mass is 1040 g/mol. The molecule has 9 heteroatoms. The average molecular weight is 1040 g/mol. The molecule has 1 aliphatic heterocycles. The number of carbonyl (C=O) groups excluding carboxylic acids is 1. The smallest absolute Gasteiger partial charge is 0.220 e. The van der Waals surface area contributed by atoms with E-state index < -0.39 is 49.5 Å². The van der Waals surface area contributed by atoms with Crippen molar-refractivity contribution in [3.05, 3.63) is 60.8 Å². The van der Waals surface area contributed by atoms with Crippen LogP contribution in [-0.4, -0.2) is 87.5 Å². The van der Waals surface area contributed by atoms with Crippen LogP contribution in [0.3, 0.4) is 0 Å². The van der Waals surface area contributed by atoms with Gasteiger partial charge in [-0.15, -0.1) is 0 Å². The van der Waals surface area contributed by atoms with Gasteiger partial charge in [0.1, 0.15) is 24.4 Å². The largest absolute Gasteiger partial charge is 0.394 e. The van der Waals surface area contributed by atoms with Crippen LogP contribution in [0.25, 0.3) is 0 Å². The van der Waals surface area contributed by atoms with Gasteiger partial charge in [-0.2, -0.15) is 0 Å². The number of aliphatic hydroxyl groups is 5. The van der Waals surface area contributed by atoms with E-state index in [1.54, 1.807) is 0 Å². The molecule has 7 atom stereocenters. The van der Waals surface area contributed by atoms with Crippen molar-refractivity contribution in [2.75, 3.05) is 13.2 Å². The molecule has 7 unspecified atom stereocenters. The first-order valence-corrected chi connectivity index (χ1v) is 31.5. The Kier molecular flexibility index (Phi) is 51.3. The Morgan fingerprint density at radius 2 is 0.838 bits per heavy atom. The lowest BCUT2D eigenvalue weighted by Crippen LogP contribution is -2.60. The normalized spacial score (nSPS) is 19.4. The number of rotatable bonds is 54. The minimum Gasteiger partial charge on any atom is -0.394 e. The fourth-order valence-electron chi connectivity index (χ4n) is 9.96. The SMILES string of the molecule is CC/C=C\C/C=C\C/C=C\C/C=C\C/C=C\CCCCCCCCCCCCCCCC(=O)NC(COC1OC(CO)C(O)C(O)C1O)C(O)CCCCCCCCCCCCCCCCCCCCCCCC. The van der Waals surface area contributed by atoms with Gasteiger partial charge in [0.05, 0.1) is 25.4 Å². The lowest BCUT2D eigenvalue weighted by molar-refractivity contribution is -0.302. The maximum Gasteiger partial charge on any atom is 0.220 e. The van der Waals surface area contributed by atoms with Crippen molar-refractivity contribution >= 4 is 5.91 Å². The van der Waals surface area contributed by atoms with E-state index >= 15 is 0 Å². The van der Waals surface area contributed by atoms with Crippen LogP contribution in [0, 0.1) is 0 Å². The molecule has 1 heterocycles. The van der Waals surface area contributed by atoms with Crippen LogP contribution < -0.4 is 5.32 Å². The van der Waals surface area contributed by atoms with Crippen molar-refractivity contribution in [1.82, 2.24) is 5.32 Å². The number of hydrogen-bond donors (Lipinski definition) is 6.